The van der Waals surface area contributed by atoms with Gasteiger partial charge >= 0.3 is 7.82 Å². The molecule has 0 aliphatic carbocycles. The summed E-state index contributed by atoms with van der Waals surface area (Å²) in [5, 5.41) is 14.0. The van der Waals surface area contributed by atoms with Crippen molar-refractivity contribution >= 4 is 13.7 Å². The largest absolute Gasteiger partial charge is 0.472 e. The van der Waals surface area contributed by atoms with Crippen LogP contribution in [0.4, 0.5) is 0 Å². The highest BCUT2D eigenvalue weighted by molar-refractivity contribution is 7.47. The molecular formula is C45H92N2O6P+. The Morgan fingerprint density at radius 3 is 1.44 bits per heavy atom. The van der Waals surface area contributed by atoms with Crippen LogP contribution in [-0.4, -0.2) is 73.4 Å². The topological polar surface area (TPSA) is 105 Å². The smallest absolute Gasteiger partial charge is 0.391 e. The van der Waals surface area contributed by atoms with E-state index >= 15 is 0 Å². The van der Waals surface area contributed by atoms with Crippen LogP contribution in [-0.2, 0) is 18.4 Å². The van der Waals surface area contributed by atoms with Crippen molar-refractivity contribution in [3.63, 3.8) is 0 Å². The van der Waals surface area contributed by atoms with Crippen LogP contribution < -0.4 is 5.32 Å². The molecule has 0 saturated heterocycles. The number of phosphoric acid groups is 1. The fourth-order valence-electron chi connectivity index (χ4n) is 6.81. The second-order valence-corrected chi connectivity index (χ2v) is 18.6. The van der Waals surface area contributed by atoms with Crippen molar-refractivity contribution in [3.05, 3.63) is 12.2 Å². The standard InChI is InChI=1S/C45H91N2O6P/c1-6-8-10-12-14-16-18-20-22-23-25-26-28-30-32-34-36-38-44(48)43(42-53-54(50,51)52-41-40-47(3,4)5)46-45(49)39-37-35-33-31-29-27-24-21-19-17-15-13-11-9-7-2/h17,19,43-44,48H,6-16,18,20-42H2,1-5H3,(H-,46,49,50,51)/p+1/b19-17-. The van der Waals surface area contributed by atoms with Crippen molar-refractivity contribution < 1.29 is 32.9 Å². The molecule has 0 saturated carbocycles. The van der Waals surface area contributed by atoms with Gasteiger partial charge in [-0.15, -0.1) is 0 Å². The molecule has 0 aromatic heterocycles. The summed E-state index contributed by atoms with van der Waals surface area (Å²) in [6.07, 6.45) is 42.3. The number of nitrogens with one attached hydrogen (secondary N) is 1. The van der Waals surface area contributed by atoms with Crippen molar-refractivity contribution in [2.45, 2.75) is 231 Å². The summed E-state index contributed by atoms with van der Waals surface area (Å²) in [4.78, 5) is 23.1. The van der Waals surface area contributed by atoms with Crippen molar-refractivity contribution in [2.75, 3.05) is 40.9 Å². The van der Waals surface area contributed by atoms with Gasteiger partial charge in [-0.3, -0.25) is 13.8 Å². The van der Waals surface area contributed by atoms with E-state index in [1.54, 1.807) is 0 Å². The molecule has 3 N–H and O–H groups in total. The molecule has 0 aromatic carbocycles. The summed E-state index contributed by atoms with van der Waals surface area (Å²) < 4.78 is 23.6. The van der Waals surface area contributed by atoms with E-state index in [0.717, 1.165) is 38.5 Å². The molecule has 0 fully saturated rings. The first-order chi connectivity index (χ1) is 26.0. The summed E-state index contributed by atoms with van der Waals surface area (Å²) in [6, 6.07) is -0.758. The number of carbonyl (C=O) groups is 1. The van der Waals surface area contributed by atoms with Crippen molar-refractivity contribution in [2.24, 2.45) is 0 Å². The van der Waals surface area contributed by atoms with Gasteiger partial charge in [0.25, 0.3) is 0 Å². The average molecular weight is 788 g/mol. The molecule has 8 nitrogen and oxygen atoms in total. The molecule has 1 amide bonds. The number of rotatable bonds is 42. The van der Waals surface area contributed by atoms with Gasteiger partial charge in [0, 0.05) is 6.42 Å². The number of allylic oxidation sites excluding steroid dienone is 2. The molecule has 9 heteroatoms. The molecule has 0 bridgehead atoms. The fraction of sp³-hybridized carbons (Fsp3) is 0.933. The Morgan fingerprint density at radius 2 is 1.00 bits per heavy atom. The van der Waals surface area contributed by atoms with E-state index < -0.39 is 20.0 Å². The van der Waals surface area contributed by atoms with E-state index in [4.69, 9.17) is 9.05 Å². The minimum absolute atomic E-state index is 0.0757. The van der Waals surface area contributed by atoms with Crippen LogP contribution in [0.25, 0.3) is 0 Å². The van der Waals surface area contributed by atoms with Crippen LogP contribution >= 0.6 is 7.82 Å². The zero-order valence-corrected chi connectivity index (χ0v) is 37.4. The number of carbonyl (C=O) groups excluding carboxylic acids is 1. The Morgan fingerprint density at radius 1 is 0.611 bits per heavy atom. The van der Waals surface area contributed by atoms with E-state index in [1.165, 1.54) is 154 Å². The minimum atomic E-state index is -4.31. The number of hydrogen-bond donors (Lipinski definition) is 3. The van der Waals surface area contributed by atoms with Gasteiger partial charge in [0.2, 0.25) is 5.91 Å². The molecule has 322 valence electrons. The van der Waals surface area contributed by atoms with E-state index in [0.29, 0.717) is 23.9 Å². The third-order valence-electron chi connectivity index (χ3n) is 10.5. The Hall–Kier alpha value is -0.760. The van der Waals surface area contributed by atoms with Crippen LogP contribution in [0.3, 0.4) is 0 Å². The lowest BCUT2D eigenvalue weighted by molar-refractivity contribution is -0.870. The van der Waals surface area contributed by atoms with Crippen molar-refractivity contribution in [3.8, 4) is 0 Å². The maximum Gasteiger partial charge on any atom is 0.472 e. The molecule has 0 radical (unpaired) electrons. The maximum atomic E-state index is 12.9. The number of amides is 1. The normalized spacial score (nSPS) is 14.4. The van der Waals surface area contributed by atoms with Gasteiger partial charge in [0.05, 0.1) is 39.9 Å². The molecule has 0 heterocycles. The summed E-state index contributed by atoms with van der Waals surface area (Å²) in [5.41, 5.74) is 0. The van der Waals surface area contributed by atoms with E-state index in [2.05, 4.69) is 31.3 Å². The van der Waals surface area contributed by atoms with Gasteiger partial charge in [-0.25, -0.2) is 4.57 Å². The van der Waals surface area contributed by atoms with Gasteiger partial charge in [-0.05, 0) is 38.5 Å². The molecular weight excluding hydrogens is 695 g/mol. The number of unbranched alkanes of at least 4 members (excludes halogenated alkanes) is 27. The molecule has 0 spiro atoms. The lowest BCUT2D eigenvalue weighted by Crippen LogP contribution is -2.46. The van der Waals surface area contributed by atoms with Gasteiger partial charge in [0.1, 0.15) is 13.2 Å². The number of nitrogens with zero attached hydrogens (tertiary/aromatic N) is 1. The van der Waals surface area contributed by atoms with Gasteiger partial charge in [0.15, 0.2) is 0 Å². The van der Waals surface area contributed by atoms with Crippen LogP contribution in [0, 0.1) is 0 Å². The maximum absolute atomic E-state index is 12.9. The summed E-state index contributed by atoms with van der Waals surface area (Å²) in [6.45, 7) is 4.88. The third kappa shape index (κ3) is 39.5. The molecule has 54 heavy (non-hydrogen) atoms. The first-order valence-corrected chi connectivity index (χ1v) is 24.5. The summed E-state index contributed by atoms with van der Waals surface area (Å²) in [5.74, 6) is -0.148. The minimum Gasteiger partial charge on any atom is -0.391 e. The van der Waals surface area contributed by atoms with E-state index in [9.17, 15) is 19.4 Å². The SMILES string of the molecule is CCCCCC/C=C\CCCCCCCCCC(=O)NC(COP(=O)(O)OCC[N+](C)(C)C)C(O)CCCCCCCCCCCCCCCCCCC. The molecule has 0 aliphatic rings. The quantitative estimate of drug-likeness (QED) is 0.0246. The number of quaternary nitrogens is 1. The van der Waals surface area contributed by atoms with Crippen LogP contribution in [0.15, 0.2) is 12.2 Å². The van der Waals surface area contributed by atoms with Crippen molar-refractivity contribution in [1.82, 2.24) is 5.32 Å². The first kappa shape index (κ1) is 53.2. The average Bonchev–Trinajstić information content (AvgIpc) is 3.12. The zero-order valence-electron chi connectivity index (χ0n) is 36.5. The predicted molar refractivity (Wildman–Crippen MR) is 231 cm³/mol. The second kappa shape index (κ2) is 37.8. The zero-order chi connectivity index (χ0) is 40.0. The summed E-state index contributed by atoms with van der Waals surface area (Å²) in [7, 11) is 1.62. The number of aliphatic hydroxyl groups is 1. The first-order valence-electron chi connectivity index (χ1n) is 23.1. The Kier molecular flexibility index (Phi) is 37.3. The number of hydrogen-bond acceptors (Lipinski definition) is 5. The van der Waals surface area contributed by atoms with Crippen LogP contribution in [0.5, 0.6) is 0 Å². The Bertz CT molecular complexity index is 896. The second-order valence-electron chi connectivity index (χ2n) is 17.1. The molecule has 0 aliphatic heterocycles. The van der Waals surface area contributed by atoms with Gasteiger partial charge in [-0.2, -0.15) is 0 Å². The predicted octanol–water partition coefficient (Wildman–Crippen LogP) is 12.8. The number of aliphatic hydroxyl groups excluding tert-OH is 1. The highest BCUT2D eigenvalue weighted by Crippen LogP contribution is 2.43. The van der Waals surface area contributed by atoms with E-state index in [-0.39, 0.29) is 19.1 Å². The Labute approximate surface area is 335 Å². The number of phosphoric ester groups is 1. The van der Waals surface area contributed by atoms with Crippen LogP contribution in [0.1, 0.15) is 219 Å². The molecule has 3 unspecified atom stereocenters. The third-order valence-corrected chi connectivity index (χ3v) is 11.5. The fourth-order valence-corrected chi connectivity index (χ4v) is 7.54. The number of likely N-dealkylation sites (N-methyl/N-ethyl adjacent to an activating group) is 1. The van der Waals surface area contributed by atoms with E-state index in [1.807, 2.05) is 21.1 Å². The molecule has 0 rings (SSSR count). The monoisotopic (exact) mass is 788 g/mol. The molecule has 3 atom stereocenters. The molecule has 0 aromatic rings. The van der Waals surface area contributed by atoms with Gasteiger partial charge in [-0.1, -0.05) is 187 Å². The lowest BCUT2D eigenvalue weighted by Gasteiger charge is -2.26. The van der Waals surface area contributed by atoms with Crippen molar-refractivity contribution in [1.29, 1.82) is 0 Å². The lowest BCUT2D eigenvalue weighted by atomic mass is 10.0. The Balaban J connectivity index is 4.33. The highest BCUT2D eigenvalue weighted by atomic mass is 31.2. The summed E-state index contributed by atoms with van der Waals surface area (Å²) >= 11 is 0. The van der Waals surface area contributed by atoms with Gasteiger partial charge < -0.3 is 19.8 Å². The van der Waals surface area contributed by atoms with Crippen LogP contribution in [0.2, 0.25) is 0 Å². The highest BCUT2D eigenvalue weighted by Gasteiger charge is 2.28.